The highest BCUT2D eigenvalue weighted by Gasteiger charge is 2.41. The molecule has 0 spiro atoms. The summed E-state index contributed by atoms with van der Waals surface area (Å²) in [5.41, 5.74) is 0. The van der Waals surface area contributed by atoms with E-state index in [4.69, 9.17) is 4.52 Å². The molecule has 0 aromatic rings. The van der Waals surface area contributed by atoms with Gasteiger partial charge in [-0.15, -0.1) is 0 Å². The van der Waals surface area contributed by atoms with Gasteiger partial charge in [-0.3, -0.25) is 4.57 Å². The molecule has 2 atom stereocenters. The molecule has 0 heterocycles. The maximum atomic E-state index is 12.6. The third kappa shape index (κ3) is 14.8. The Morgan fingerprint density at radius 1 is 0.821 bits per heavy atom. The van der Waals surface area contributed by atoms with Gasteiger partial charge in [-0.2, -0.15) is 0 Å². The first-order valence-corrected chi connectivity index (χ1v) is 13.3. The van der Waals surface area contributed by atoms with Crippen LogP contribution in [0.3, 0.4) is 0 Å². The summed E-state index contributed by atoms with van der Waals surface area (Å²) in [7, 11) is 2.34. The Bertz CT molecular complexity index is 432. The molecule has 0 amide bonds. The Labute approximate surface area is 175 Å². The molecule has 4 nitrogen and oxygen atoms in total. The summed E-state index contributed by atoms with van der Waals surface area (Å²) in [6, 6.07) is 0. The van der Waals surface area contributed by atoms with Gasteiger partial charge < -0.3 is 13.9 Å². The van der Waals surface area contributed by atoms with Gasteiger partial charge in [0.15, 0.2) is 5.78 Å². The van der Waals surface area contributed by atoms with Crippen molar-refractivity contribution in [2.45, 2.75) is 110 Å². The van der Waals surface area contributed by atoms with Crippen LogP contribution >= 0.6 is 7.60 Å². The summed E-state index contributed by atoms with van der Waals surface area (Å²) in [6.45, 7) is 4.69. The zero-order valence-corrected chi connectivity index (χ0v) is 20.4. The first-order valence-electron chi connectivity index (χ1n) is 11.7. The van der Waals surface area contributed by atoms with Crippen molar-refractivity contribution in [3.63, 3.8) is 0 Å². The second-order valence-electron chi connectivity index (χ2n) is 9.01. The van der Waals surface area contributed by atoms with Crippen LogP contribution in [0.4, 0.5) is 0 Å². The number of quaternary nitrogens is 1. The van der Waals surface area contributed by atoms with Gasteiger partial charge >= 0.3 is 7.60 Å². The van der Waals surface area contributed by atoms with Crippen LogP contribution in [0.5, 0.6) is 0 Å². The van der Waals surface area contributed by atoms with Crippen molar-refractivity contribution in [2.75, 3.05) is 27.7 Å². The highest BCUT2D eigenvalue weighted by atomic mass is 31.2. The van der Waals surface area contributed by atoms with Gasteiger partial charge in [-0.1, -0.05) is 70.9 Å². The lowest BCUT2D eigenvalue weighted by molar-refractivity contribution is -0.883. The highest BCUT2D eigenvalue weighted by Crippen LogP contribution is 2.51. The molecule has 28 heavy (non-hydrogen) atoms. The van der Waals surface area contributed by atoms with E-state index in [-0.39, 0.29) is 5.78 Å². The van der Waals surface area contributed by atoms with Gasteiger partial charge in [-0.25, -0.2) is 0 Å². The molecule has 0 aromatic carbocycles. The molecule has 5 heteroatoms. The summed E-state index contributed by atoms with van der Waals surface area (Å²) in [5, 5.41) is 0. The summed E-state index contributed by atoms with van der Waals surface area (Å²) in [5.74, 6) is -0.335. The molecule has 2 unspecified atom stereocenters. The normalized spacial score (nSPS) is 15.8. The van der Waals surface area contributed by atoms with Crippen LogP contribution in [0.2, 0.25) is 0 Å². The van der Waals surface area contributed by atoms with Crippen LogP contribution in [0.1, 0.15) is 104 Å². The molecule has 0 aliphatic rings. The average molecular weight is 419 g/mol. The number of unbranched alkanes of at least 4 members (excludes halogenated alkanes) is 10. The largest absolute Gasteiger partial charge is 0.385 e. The summed E-state index contributed by atoms with van der Waals surface area (Å²) in [4.78, 5) is 10.4. The summed E-state index contributed by atoms with van der Waals surface area (Å²) < 4.78 is 18.5. The van der Waals surface area contributed by atoms with Crippen LogP contribution in [0.25, 0.3) is 0 Å². The zero-order chi connectivity index (χ0) is 21.3. The van der Waals surface area contributed by atoms with E-state index in [1.165, 1.54) is 64.2 Å². The van der Waals surface area contributed by atoms with Crippen molar-refractivity contribution in [3.05, 3.63) is 12.2 Å². The maximum Gasteiger partial charge on any atom is 0.385 e. The van der Waals surface area contributed by atoms with Crippen molar-refractivity contribution < 1.29 is 18.5 Å². The predicted molar refractivity (Wildman–Crippen MR) is 123 cm³/mol. The second-order valence-corrected chi connectivity index (χ2v) is 11.0. The third-order valence-electron chi connectivity index (χ3n) is 5.25. The fraction of sp³-hybridized carbons (Fsp3) is 0.913. The van der Waals surface area contributed by atoms with Gasteiger partial charge in [0.1, 0.15) is 0 Å². The Hall–Kier alpha value is -0.150. The molecular weight excluding hydrogens is 369 g/mol. The Balaban J connectivity index is 3.67. The van der Waals surface area contributed by atoms with Crippen molar-refractivity contribution in [2.24, 2.45) is 0 Å². The fourth-order valence-electron chi connectivity index (χ4n) is 3.52. The lowest BCUT2D eigenvalue weighted by atomic mass is 10.1. The monoisotopic (exact) mass is 418 g/mol. The van der Waals surface area contributed by atoms with Gasteiger partial charge in [-0.05, 0) is 38.5 Å². The lowest BCUT2D eigenvalue weighted by Gasteiger charge is -2.35. The summed E-state index contributed by atoms with van der Waals surface area (Å²) in [6.07, 6.45) is 21.1. The van der Waals surface area contributed by atoms with E-state index in [9.17, 15) is 9.46 Å². The van der Waals surface area contributed by atoms with E-state index in [2.05, 4.69) is 19.1 Å². The predicted octanol–water partition coefficient (Wildman–Crippen LogP) is 7.28. The van der Waals surface area contributed by atoms with Crippen LogP contribution in [0, 0.1) is 0 Å². The maximum absolute atomic E-state index is 12.6. The van der Waals surface area contributed by atoms with Gasteiger partial charge in [0, 0.05) is 6.42 Å². The SMILES string of the molecule is CCCCC/C=C\CCCCCCCCCOP(=O)(O)C(CCC)[N+](C)(C)C. The Kier molecular flexibility index (Phi) is 16.5. The molecule has 0 bridgehead atoms. The van der Waals surface area contributed by atoms with E-state index in [0.717, 1.165) is 19.3 Å². The molecule has 0 aliphatic carbocycles. The van der Waals surface area contributed by atoms with Crippen LogP contribution < -0.4 is 0 Å². The fourth-order valence-corrected chi connectivity index (χ4v) is 5.55. The Morgan fingerprint density at radius 2 is 1.32 bits per heavy atom. The molecule has 0 aliphatic heterocycles. The van der Waals surface area contributed by atoms with Crippen molar-refractivity contribution in [3.8, 4) is 0 Å². The molecule has 0 radical (unpaired) electrons. The van der Waals surface area contributed by atoms with E-state index in [0.29, 0.717) is 17.5 Å². The average Bonchev–Trinajstić information content (AvgIpc) is 2.61. The minimum absolute atomic E-state index is 0.335. The molecular formula is C23H49NO3P+. The van der Waals surface area contributed by atoms with E-state index < -0.39 is 7.60 Å². The molecule has 0 rings (SSSR count). The molecule has 0 fully saturated rings. The quantitative estimate of drug-likeness (QED) is 0.104. The number of rotatable bonds is 19. The highest BCUT2D eigenvalue weighted by molar-refractivity contribution is 7.53. The second kappa shape index (κ2) is 16.6. The number of nitrogens with zero attached hydrogens (tertiary/aromatic N) is 1. The van der Waals surface area contributed by atoms with Crippen molar-refractivity contribution >= 4 is 7.60 Å². The van der Waals surface area contributed by atoms with Gasteiger partial charge in [0.05, 0.1) is 27.7 Å². The number of hydrogen-bond acceptors (Lipinski definition) is 2. The van der Waals surface area contributed by atoms with Crippen LogP contribution in [-0.2, 0) is 9.09 Å². The topological polar surface area (TPSA) is 46.5 Å². The van der Waals surface area contributed by atoms with Crippen LogP contribution in [-0.4, -0.2) is 42.9 Å². The standard InChI is InChI=1S/C23H48NO3P/c1-6-8-9-10-11-12-13-14-15-16-17-18-19-20-22-27-28(25,26)23(21-7-2)24(3,4)5/h11-12,23H,6-10,13-22H2,1-5H3/p+1/b12-11-. The zero-order valence-electron chi connectivity index (χ0n) is 19.5. The van der Waals surface area contributed by atoms with Crippen molar-refractivity contribution in [1.82, 2.24) is 0 Å². The first-order chi connectivity index (χ1) is 13.3. The Morgan fingerprint density at radius 3 is 1.82 bits per heavy atom. The van der Waals surface area contributed by atoms with Crippen LogP contribution in [0.15, 0.2) is 12.2 Å². The smallest absolute Gasteiger partial charge is 0.320 e. The lowest BCUT2D eigenvalue weighted by Crippen LogP contribution is -2.45. The minimum Gasteiger partial charge on any atom is -0.320 e. The third-order valence-corrected chi connectivity index (χ3v) is 7.51. The number of hydrogen-bond donors (Lipinski definition) is 1. The van der Waals surface area contributed by atoms with E-state index >= 15 is 0 Å². The number of allylic oxidation sites excluding steroid dienone is 2. The molecule has 0 saturated heterocycles. The van der Waals surface area contributed by atoms with Gasteiger partial charge in [0.2, 0.25) is 0 Å². The summed E-state index contributed by atoms with van der Waals surface area (Å²) >= 11 is 0. The molecule has 1 N–H and O–H groups in total. The molecule has 0 saturated carbocycles. The van der Waals surface area contributed by atoms with E-state index in [1.807, 2.05) is 28.1 Å². The molecule has 168 valence electrons. The minimum atomic E-state index is -3.56. The molecule has 0 aromatic heterocycles. The van der Waals surface area contributed by atoms with Crippen molar-refractivity contribution in [1.29, 1.82) is 0 Å². The van der Waals surface area contributed by atoms with E-state index in [1.54, 1.807) is 0 Å². The first kappa shape index (κ1) is 27.8. The van der Waals surface area contributed by atoms with Gasteiger partial charge in [0.25, 0.3) is 0 Å².